The molecule has 0 saturated carbocycles. The summed E-state index contributed by atoms with van der Waals surface area (Å²) in [5, 5.41) is 0. The molecule has 0 spiro atoms. The summed E-state index contributed by atoms with van der Waals surface area (Å²) in [4.78, 5) is 10.2. The lowest BCUT2D eigenvalue weighted by molar-refractivity contribution is -0.118. The largest absolute Gasteiger partial charge is 0.379 e. The van der Waals surface area contributed by atoms with E-state index in [1.165, 1.54) is 0 Å². The van der Waals surface area contributed by atoms with Crippen molar-refractivity contribution >= 4 is 5.78 Å². The van der Waals surface area contributed by atoms with E-state index in [4.69, 9.17) is 9.47 Å². The molecular weight excluding hydrogens is 192 g/mol. The van der Waals surface area contributed by atoms with Crippen molar-refractivity contribution in [2.24, 2.45) is 0 Å². The number of methoxy groups -OCH3 is 1. The van der Waals surface area contributed by atoms with Crippen LogP contribution in [-0.4, -0.2) is 31.2 Å². The monoisotopic (exact) mass is 216 g/mol. The summed E-state index contributed by atoms with van der Waals surface area (Å²) in [6.45, 7) is 8.81. The van der Waals surface area contributed by atoms with Crippen LogP contribution in [0.3, 0.4) is 0 Å². The highest BCUT2D eigenvalue weighted by Gasteiger charge is 2.48. The minimum Gasteiger partial charge on any atom is -0.379 e. The quantitative estimate of drug-likeness (QED) is 0.663. The van der Waals surface area contributed by atoms with Gasteiger partial charge in [0.1, 0.15) is 11.4 Å². The maximum absolute atomic E-state index is 10.2. The predicted octanol–water partition coefficient (Wildman–Crippen LogP) is 2.58. The first-order valence-electron chi connectivity index (χ1n) is 5.74. The first kappa shape index (κ1) is 14.6. The maximum Gasteiger partial charge on any atom is 0.132 e. The van der Waals surface area contributed by atoms with Crippen molar-refractivity contribution in [3.05, 3.63) is 0 Å². The molecule has 1 saturated heterocycles. The zero-order valence-electron chi connectivity index (χ0n) is 10.6. The van der Waals surface area contributed by atoms with Crippen LogP contribution in [0.15, 0.2) is 0 Å². The molecule has 0 N–H and O–H groups in total. The van der Waals surface area contributed by atoms with E-state index < -0.39 is 0 Å². The third kappa shape index (κ3) is 4.76. The number of Topliss-reactive ketones (excluding diaryl/α,β-unsaturated/α-hetero) is 1. The van der Waals surface area contributed by atoms with E-state index in [1.54, 1.807) is 7.11 Å². The summed E-state index contributed by atoms with van der Waals surface area (Å²) in [5.41, 5.74) is 0.0781. The predicted molar refractivity (Wildman–Crippen MR) is 61.0 cm³/mol. The van der Waals surface area contributed by atoms with Gasteiger partial charge >= 0.3 is 0 Å². The Balaban J connectivity index is 0.000000288. The molecule has 0 aromatic heterocycles. The molecule has 15 heavy (non-hydrogen) atoms. The Kier molecular flexibility index (Phi) is 6.77. The van der Waals surface area contributed by atoms with Gasteiger partial charge < -0.3 is 9.47 Å². The highest BCUT2D eigenvalue weighted by Crippen LogP contribution is 2.35. The fraction of sp³-hybridized carbons (Fsp3) is 0.917. The Hall–Kier alpha value is -0.410. The van der Waals surface area contributed by atoms with E-state index in [0.29, 0.717) is 18.6 Å². The van der Waals surface area contributed by atoms with Crippen LogP contribution in [0.5, 0.6) is 0 Å². The van der Waals surface area contributed by atoms with E-state index in [-0.39, 0.29) is 11.7 Å². The highest BCUT2D eigenvalue weighted by molar-refractivity contribution is 5.77. The summed E-state index contributed by atoms with van der Waals surface area (Å²) in [7, 11) is 1.73. The van der Waals surface area contributed by atoms with Gasteiger partial charge in [-0.1, -0.05) is 20.8 Å². The summed E-state index contributed by atoms with van der Waals surface area (Å²) in [5.74, 6) is 0.343. The molecule has 0 bridgehead atoms. The molecule has 0 aromatic rings. The van der Waals surface area contributed by atoms with Gasteiger partial charge in [-0.05, 0) is 13.3 Å². The smallest absolute Gasteiger partial charge is 0.132 e. The average molecular weight is 216 g/mol. The van der Waals surface area contributed by atoms with Gasteiger partial charge in [0.25, 0.3) is 0 Å². The zero-order chi connectivity index (χ0) is 11.9. The zero-order valence-corrected chi connectivity index (χ0v) is 10.6. The van der Waals surface area contributed by atoms with Crippen molar-refractivity contribution in [1.29, 1.82) is 0 Å². The highest BCUT2D eigenvalue weighted by atomic mass is 16.6. The Bertz CT molecular complexity index is 179. The molecule has 0 aliphatic carbocycles. The van der Waals surface area contributed by atoms with Crippen molar-refractivity contribution in [1.82, 2.24) is 0 Å². The Morgan fingerprint density at radius 2 is 1.87 bits per heavy atom. The van der Waals surface area contributed by atoms with Crippen molar-refractivity contribution < 1.29 is 14.3 Å². The molecular formula is C12H24O3. The van der Waals surface area contributed by atoms with Crippen LogP contribution in [0.1, 0.15) is 47.0 Å². The van der Waals surface area contributed by atoms with E-state index in [1.807, 2.05) is 13.8 Å². The Labute approximate surface area is 93.1 Å². The number of hydrogen-bond donors (Lipinski definition) is 0. The van der Waals surface area contributed by atoms with Crippen molar-refractivity contribution in [2.45, 2.75) is 58.7 Å². The Morgan fingerprint density at radius 1 is 1.40 bits per heavy atom. The van der Waals surface area contributed by atoms with Crippen LogP contribution < -0.4 is 0 Å². The van der Waals surface area contributed by atoms with Crippen LogP contribution in [0.25, 0.3) is 0 Å². The minimum atomic E-state index is 0.0781. The average Bonchev–Trinajstić information content (AvgIpc) is 3.08. The van der Waals surface area contributed by atoms with Gasteiger partial charge in [-0.25, -0.2) is 0 Å². The summed E-state index contributed by atoms with van der Waals surface area (Å²) >= 11 is 0. The van der Waals surface area contributed by atoms with Crippen LogP contribution in [0.2, 0.25) is 0 Å². The number of ether oxygens (including phenoxy) is 2. The first-order valence-corrected chi connectivity index (χ1v) is 5.74. The Morgan fingerprint density at radius 3 is 1.93 bits per heavy atom. The lowest BCUT2D eigenvalue weighted by Gasteiger charge is -2.15. The van der Waals surface area contributed by atoms with E-state index in [9.17, 15) is 4.79 Å². The van der Waals surface area contributed by atoms with Gasteiger partial charge in [-0.3, -0.25) is 4.79 Å². The molecule has 1 heterocycles. The van der Waals surface area contributed by atoms with Gasteiger partial charge in [-0.15, -0.1) is 0 Å². The molecule has 2 atom stereocenters. The van der Waals surface area contributed by atoms with Crippen LogP contribution >= 0.6 is 0 Å². The van der Waals surface area contributed by atoms with Crippen molar-refractivity contribution in [3.8, 4) is 0 Å². The minimum absolute atomic E-state index is 0.0781. The molecule has 1 fully saturated rings. The maximum atomic E-state index is 10.2. The number of epoxide rings is 1. The van der Waals surface area contributed by atoms with Gasteiger partial charge in [0.05, 0.1) is 12.7 Å². The molecule has 90 valence electrons. The number of carbonyl (C=O) groups is 1. The SMILES string of the molecule is CCC(=O)CC.CCC1(C(C)OC)CO1. The van der Waals surface area contributed by atoms with Gasteiger partial charge in [0.15, 0.2) is 0 Å². The molecule has 1 rings (SSSR count). The molecule has 0 amide bonds. The topological polar surface area (TPSA) is 38.8 Å². The number of rotatable bonds is 5. The lowest BCUT2D eigenvalue weighted by Crippen LogP contribution is -2.27. The van der Waals surface area contributed by atoms with E-state index in [2.05, 4.69) is 13.8 Å². The second-order valence-electron chi connectivity index (χ2n) is 3.83. The molecule has 1 aliphatic rings. The van der Waals surface area contributed by atoms with E-state index >= 15 is 0 Å². The molecule has 0 aromatic carbocycles. The fourth-order valence-corrected chi connectivity index (χ4v) is 1.28. The molecule has 1 aliphatic heterocycles. The van der Waals surface area contributed by atoms with Gasteiger partial charge in [0.2, 0.25) is 0 Å². The van der Waals surface area contributed by atoms with Crippen molar-refractivity contribution in [2.75, 3.05) is 13.7 Å². The van der Waals surface area contributed by atoms with E-state index in [0.717, 1.165) is 13.0 Å². The second-order valence-corrected chi connectivity index (χ2v) is 3.83. The molecule has 3 nitrogen and oxygen atoms in total. The summed E-state index contributed by atoms with van der Waals surface area (Å²) in [6, 6.07) is 0. The first-order chi connectivity index (χ1) is 7.06. The number of ketones is 1. The third-order valence-corrected chi connectivity index (χ3v) is 3.00. The van der Waals surface area contributed by atoms with Crippen LogP contribution in [0, 0.1) is 0 Å². The second kappa shape index (κ2) is 6.96. The molecule has 2 unspecified atom stereocenters. The number of carbonyl (C=O) groups excluding carboxylic acids is 1. The molecule has 3 heteroatoms. The normalized spacial score (nSPS) is 25.1. The third-order valence-electron chi connectivity index (χ3n) is 3.00. The number of hydrogen-bond acceptors (Lipinski definition) is 3. The summed E-state index contributed by atoms with van der Waals surface area (Å²) in [6.07, 6.45) is 2.69. The summed E-state index contributed by atoms with van der Waals surface area (Å²) < 4.78 is 10.4. The van der Waals surface area contributed by atoms with Gasteiger partial charge in [-0.2, -0.15) is 0 Å². The lowest BCUT2D eigenvalue weighted by atomic mass is 10.0. The molecule has 0 radical (unpaired) electrons. The van der Waals surface area contributed by atoms with Crippen molar-refractivity contribution in [3.63, 3.8) is 0 Å². The standard InChI is InChI=1S/C7H14O2.C5H10O/c1-4-7(5-9-7)6(2)8-3;1-3-5(6)4-2/h6H,4-5H2,1-3H3;3-4H2,1-2H3. The van der Waals surface area contributed by atoms with Crippen LogP contribution in [0.4, 0.5) is 0 Å². The van der Waals surface area contributed by atoms with Gasteiger partial charge in [0, 0.05) is 20.0 Å². The fourth-order valence-electron chi connectivity index (χ4n) is 1.28. The van der Waals surface area contributed by atoms with Crippen LogP contribution in [-0.2, 0) is 14.3 Å².